The lowest BCUT2D eigenvalue weighted by Gasteiger charge is -2.38. The molecule has 0 saturated carbocycles. The number of hydrogen-bond acceptors (Lipinski definition) is 3. The van der Waals surface area contributed by atoms with Gasteiger partial charge in [-0.1, -0.05) is 35.9 Å². The number of aromatic hydroxyl groups is 1. The Kier molecular flexibility index (Phi) is 3.61. The molecule has 0 unspecified atom stereocenters. The molecular formula is C20H18ClNO2. The number of benzene rings is 2. The fraction of sp³-hybridized carbons (Fsp3) is 0.250. The number of nitrogens with one attached hydrogen (secondary N) is 1. The average Bonchev–Trinajstić information content (AvgIpc) is 3.05. The summed E-state index contributed by atoms with van der Waals surface area (Å²) in [6.07, 6.45) is 5.28. The Bertz CT molecular complexity index is 841. The maximum absolute atomic E-state index is 12.1. The Morgan fingerprint density at radius 2 is 1.96 bits per heavy atom. The molecule has 0 saturated heterocycles. The van der Waals surface area contributed by atoms with E-state index in [-0.39, 0.29) is 23.5 Å². The second-order valence-corrected chi connectivity index (χ2v) is 6.94. The van der Waals surface area contributed by atoms with Crippen LogP contribution in [0.5, 0.6) is 5.75 Å². The van der Waals surface area contributed by atoms with Crippen molar-refractivity contribution in [3.63, 3.8) is 0 Å². The van der Waals surface area contributed by atoms with E-state index in [1.807, 2.05) is 24.3 Å². The van der Waals surface area contributed by atoms with E-state index in [0.717, 1.165) is 17.5 Å². The van der Waals surface area contributed by atoms with E-state index in [9.17, 15) is 9.90 Å². The number of hydrogen-bond donors (Lipinski definition) is 2. The van der Waals surface area contributed by atoms with Gasteiger partial charge in [-0.15, -0.1) is 0 Å². The van der Waals surface area contributed by atoms with Crippen LogP contribution in [0.25, 0.3) is 0 Å². The lowest BCUT2D eigenvalue weighted by molar-refractivity contribution is 0.101. The number of Topliss-reactive ketones (excluding diaryl/α,β-unsaturated/α-hetero) is 1. The predicted octanol–water partition coefficient (Wildman–Crippen LogP) is 5.07. The van der Waals surface area contributed by atoms with Gasteiger partial charge in [0.25, 0.3) is 0 Å². The highest BCUT2D eigenvalue weighted by atomic mass is 35.5. The third-order valence-corrected chi connectivity index (χ3v) is 5.36. The molecule has 2 aliphatic rings. The molecule has 1 aliphatic heterocycles. The van der Waals surface area contributed by atoms with Crippen LogP contribution < -0.4 is 5.32 Å². The molecule has 0 spiro atoms. The summed E-state index contributed by atoms with van der Waals surface area (Å²) in [5.74, 6) is 0.663. The van der Waals surface area contributed by atoms with Crippen molar-refractivity contribution in [1.29, 1.82) is 0 Å². The molecule has 2 aromatic rings. The third-order valence-electron chi connectivity index (χ3n) is 5.11. The van der Waals surface area contributed by atoms with Crippen molar-refractivity contribution in [2.75, 3.05) is 5.32 Å². The Hall–Kier alpha value is -2.26. The van der Waals surface area contributed by atoms with E-state index in [4.69, 9.17) is 11.6 Å². The third kappa shape index (κ3) is 2.31. The summed E-state index contributed by atoms with van der Waals surface area (Å²) in [7, 11) is 0. The maximum atomic E-state index is 12.1. The first kappa shape index (κ1) is 15.3. The second kappa shape index (κ2) is 5.67. The number of rotatable bonds is 2. The molecule has 0 radical (unpaired) electrons. The van der Waals surface area contributed by atoms with Crippen LogP contribution in [0.15, 0.2) is 48.6 Å². The van der Waals surface area contributed by atoms with Crippen molar-refractivity contribution in [3.8, 4) is 5.75 Å². The van der Waals surface area contributed by atoms with Crippen molar-refractivity contribution in [2.24, 2.45) is 5.92 Å². The normalized spacial score (nSPS) is 24.2. The number of carbonyl (C=O) groups is 1. The van der Waals surface area contributed by atoms with Crippen LogP contribution in [0.2, 0.25) is 5.02 Å². The van der Waals surface area contributed by atoms with Crippen LogP contribution in [0.4, 0.5) is 5.69 Å². The molecule has 0 fully saturated rings. The van der Waals surface area contributed by atoms with Gasteiger partial charge in [0, 0.05) is 16.5 Å². The fourth-order valence-corrected chi connectivity index (χ4v) is 4.13. The Balaban J connectivity index is 1.86. The first-order chi connectivity index (χ1) is 11.6. The van der Waals surface area contributed by atoms with Gasteiger partial charge >= 0.3 is 0 Å². The van der Waals surface area contributed by atoms with Gasteiger partial charge in [0.15, 0.2) is 5.78 Å². The number of allylic oxidation sites excluding steroid dienone is 2. The predicted molar refractivity (Wildman–Crippen MR) is 95.9 cm³/mol. The average molecular weight is 340 g/mol. The summed E-state index contributed by atoms with van der Waals surface area (Å²) in [4.78, 5) is 12.1. The first-order valence-corrected chi connectivity index (χ1v) is 8.49. The van der Waals surface area contributed by atoms with Gasteiger partial charge in [-0.3, -0.25) is 4.79 Å². The van der Waals surface area contributed by atoms with Crippen molar-refractivity contribution < 1.29 is 9.90 Å². The molecule has 2 N–H and O–H groups in total. The van der Waals surface area contributed by atoms with Crippen LogP contribution >= 0.6 is 11.6 Å². The van der Waals surface area contributed by atoms with Crippen molar-refractivity contribution >= 4 is 23.1 Å². The lowest BCUT2D eigenvalue weighted by Crippen LogP contribution is -2.30. The molecule has 4 heteroatoms. The molecule has 1 aliphatic carbocycles. The Morgan fingerprint density at radius 3 is 2.67 bits per heavy atom. The maximum Gasteiger partial charge on any atom is 0.160 e. The van der Waals surface area contributed by atoms with Crippen LogP contribution in [0.3, 0.4) is 0 Å². The van der Waals surface area contributed by atoms with E-state index in [1.165, 1.54) is 0 Å². The minimum Gasteiger partial charge on any atom is -0.506 e. The number of ketones is 1. The van der Waals surface area contributed by atoms with E-state index in [2.05, 4.69) is 17.5 Å². The summed E-state index contributed by atoms with van der Waals surface area (Å²) < 4.78 is 0. The van der Waals surface area contributed by atoms with Gasteiger partial charge in [0.1, 0.15) is 5.75 Å². The number of halogens is 1. The van der Waals surface area contributed by atoms with E-state index in [0.29, 0.717) is 22.2 Å². The molecule has 1 heterocycles. The van der Waals surface area contributed by atoms with Crippen LogP contribution in [0, 0.1) is 5.92 Å². The number of anilines is 1. The molecule has 0 bridgehead atoms. The van der Waals surface area contributed by atoms with Crippen LogP contribution in [-0.4, -0.2) is 10.9 Å². The van der Waals surface area contributed by atoms with Gasteiger partial charge in [0.05, 0.1) is 11.7 Å². The summed E-state index contributed by atoms with van der Waals surface area (Å²) >= 11 is 6.01. The van der Waals surface area contributed by atoms with Gasteiger partial charge in [-0.05, 0) is 54.7 Å². The summed E-state index contributed by atoms with van der Waals surface area (Å²) in [6, 6.07) is 11.2. The molecule has 0 amide bonds. The van der Waals surface area contributed by atoms with Gasteiger partial charge in [-0.25, -0.2) is 0 Å². The molecular weight excluding hydrogens is 322 g/mol. The molecule has 24 heavy (non-hydrogen) atoms. The zero-order valence-electron chi connectivity index (χ0n) is 13.3. The highest BCUT2D eigenvalue weighted by Crippen LogP contribution is 2.53. The summed E-state index contributed by atoms with van der Waals surface area (Å²) in [5, 5.41) is 14.6. The van der Waals surface area contributed by atoms with Crippen LogP contribution in [-0.2, 0) is 0 Å². The number of phenolic OH excluding ortho intramolecular Hbond substituents is 1. The van der Waals surface area contributed by atoms with Crippen molar-refractivity contribution in [2.45, 2.75) is 25.3 Å². The standard InChI is InChI=1S/C20H18ClNO2/c1-11(23)14-9-10-17(24)20-18(14)15-3-2-4-16(15)19(22-20)12-5-7-13(21)8-6-12/h2-3,5-10,15-16,19,22,24H,4H2,1H3/t15-,16+,19-/m0/s1. The second-order valence-electron chi connectivity index (χ2n) is 6.50. The Morgan fingerprint density at radius 1 is 1.21 bits per heavy atom. The topological polar surface area (TPSA) is 49.3 Å². The largest absolute Gasteiger partial charge is 0.506 e. The van der Waals surface area contributed by atoms with E-state index < -0.39 is 0 Å². The number of phenols is 1. The van der Waals surface area contributed by atoms with Gasteiger partial charge in [0.2, 0.25) is 0 Å². The lowest BCUT2D eigenvalue weighted by atomic mass is 9.75. The SMILES string of the molecule is CC(=O)c1ccc(O)c2c1[C@H]1C=CC[C@H]1[C@H](c1ccc(Cl)cc1)N2. The smallest absolute Gasteiger partial charge is 0.160 e. The Labute approximate surface area is 146 Å². The van der Waals surface area contributed by atoms with Gasteiger partial charge < -0.3 is 10.4 Å². The molecule has 3 atom stereocenters. The number of fused-ring (bicyclic) bond motifs is 3. The molecule has 4 rings (SSSR count). The minimum atomic E-state index is 0.0250. The molecule has 3 nitrogen and oxygen atoms in total. The van der Waals surface area contributed by atoms with Crippen molar-refractivity contribution in [3.05, 3.63) is 70.3 Å². The van der Waals surface area contributed by atoms with E-state index in [1.54, 1.807) is 19.1 Å². The quantitative estimate of drug-likeness (QED) is 0.456. The summed E-state index contributed by atoms with van der Waals surface area (Å²) in [6.45, 7) is 1.58. The minimum absolute atomic E-state index is 0.0250. The summed E-state index contributed by atoms with van der Waals surface area (Å²) in [5.41, 5.74) is 3.42. The van der Waals surface area contributed by atoms with E-state index >= 15 is 0 Å². The number of carbonyl (C=O) groups excluding carboxylic acids is 1. The highest BCUT2D eigenvalue weighted by molar-refractivity contribution is 6.30. The molecule has 122 valence electrons. The zero-order valence-corrected chi connectivity index (χ0v) is 14.0. The highest BCUT2D eigenvalue weighted by Gasteiger charge is 2.40. The zero-order chi connectivity index (χ0) is 16.8. The van der Waals surface area contributed by atoms with Gasteiger partial charge in [-0.2, -0.15) is 0 Å². The molecule has 2 aromatic carbocycles. The first-order valence-electron chi connectivity index (χ1n) is 8.11. The van der Waals surface area contributed by atoms with Crippen LogP contribution in [0.1, 0.15) is 46.8 Å². The monoisotopic (exact) mass is 339 g/mol. The fourth-order valence-electron chi connectivity index (χ4n) is 4.00. The molecule has 0 aromatic heterocycles. The van der Waals surface area contributed by atoms with Crippen molar-refractivity contribution in [1.82, 2.24) is 0 Å².